The van der Waals surface area contributed by atoms with Gasteiger partial charge in [0.25, 0.3) is 5.91 Å². The van der Waals surface area contributed by atoms with Crippen LogP contribution < -0.4 is 16.1 Å². The van der Waals surface area contributed by atoms with Gasteiger partial charge in [0, 0.05) is 75.9 Å². The fraction of sp³-hybridized carbons (Fsp3) is 0.600. The summed E-state index contributed by atoms with van der Waals surface area (Å²) in [7, 11) is 6.55. The largest absolute Gasteiger partial charge is 0.508 e. The molecule has 6 bridgehead atoms. The van der Waals surface area contributed by atoms with Crippen molar-refractivity contribution in [1.82, 2.24) is 35.4 Å². The van der Waals surface area contributed by atoms with E-state index in [-0.39, 0.29) is 61.4 Å². The predicted molar refractivity (Wildman–Crippen MR) is 274 cm³/mol. The number of allylic oxidation sites excluding steroid dienone is 1. The minimum absolute atomic E-state index is 0.0000864. The highest BCUT2D eigenvalue weighted by atomic mass is 16.5. The molecular weight excluding hydrogens is 917 g/mol. The lowest BCUT2D eigenvalue weighted by Gasteiger charge is -2.37. The lowest BCUT2D eigenvalue weighted by atomic mass is 9.83. The van der Waals surface area contributed by atoms with Gasteiger partial charge in [-0.3, -0.25) is 39.3 Å². The van der Waals surface area contributed by atoms with Crippen molar-refractivity contribution in [2.45, 2.75) is 153 Å². The van der Waals surface area contributed by atoms with Gasteiger partial charge < -0.3 is 39.0 Å². The zero-order valence-corrected chi connectivity index (χ0v) is 43.3. The number of esters is 1. The second-order valence-electron chi connectivity index (χ2n) is 21.9. The average molecular weight is 991 g/mol. The number of aromatic hydroxyl groups is 1. The van der Waals surface area contributed by atoms with E-state index < -0.39 is 53.3 Å². The number of likely N-dealkylation sites (N-methyl/N-ethyl adjacent to an activating group) is 2. The molecular formula is C55H74N8O9. The van der Waals surface area contributed by atoms with Crippen molar-refractivity contribution in [2.24, 2.45) is 16.3 Å². The van der Waals surface area contributed by atoms with Gasteiger partial charge in [0.15, 0.2) is 0 Å². The minimum atomic E-state index is -1.16. The second kappa shape index (κ2) is 20.7. The smallest absolute Gasteiger partial charge is 0.324 e. The normalized spacial score (nSPS) is 24.9. The molecule has 4 N–H and O–H groups in total. The molecule has 4 aliphatic heterocycles. The number of aryl methyl sites for hydroxylation is 1. The number of rotatable bonds is 13. The summed E-state index contributed by atoms with van der Waals surface area (Å²) in [5, 5.41) is 20.2. The highest BCUT2D eigenvalue weighted by molar-refractivity contribution is 5.96. The number of amides is 4. The Bertz CT molecular complexity index is 2660. The Morgan fingerprint density at radius 1 is 1.03 bits per heavy atom. The Kier molecular flexibility index (Phi) is 14.8. The number of cyclic esters (lactones) is 1. The van der Waals surface area contributed by atoms with Gasteiger partial charge in [-0.25, -0.2) is 5.43 Å². The van der Waals surface area contributed by atoms with Gasteiger partial charge in [0.2, 0.25) is 17.7 Å². The number of phenolic OH excluding ortho intramolecular Hbond substituents is 1. The fourth-order valence-electron chi connectivity index (χ4n) is 11.9. The first-order valence-electron chi connectivity index (χ1n) is 26.1. The van der Waals surface area contributed by atoms with E-state index in [4.69, 9.17) is 19.2 Å². The lowest BCUT2D eigenvalue weighted by molar-refractivity contribution is -0.155. The Balaban J connectivity index is 1.07. The number of aliphatic imine (C=N–C) groups is 1. The molecule has 17 heteroatoms. The van der Waals surface area contributed by atoms with Crippen molar-refractivity contribution in [1.29, 1.82) is 0 Å². The monoisotopic (exact) mass is 991 g/mol. The van der Waals surface area contributed by atoms with E-state index in [2.05, 4.69) is 53.5 Å². The van der Waals surface area contributed by atoms with Gasteiger partial charge in [-0.15, -0.1) is 0 Å². The molecule has 2 saturated carbocycles. The Labute approximate surface area is 423 Å². The van der Waals surface area contributed by atoms with Crippen molar-refractivity contribution in [3.63, 3.8) is 0 Å². The van der Waals surface area contributed by atoms with Gasteiger partial charge in [0.1, 0.15) is 29.9 Å². The zero-order chi connectivity index (χ0) is 51.2. The standard InChI is InChI=1S/C55H74N8O9/c1-9-62-43-19-18-35-28-39(43)40(48(62)38-16-12-22-56-45(38)32(2)70-7)29-54(3,4)31-72-53(69)41-17-13-23-63(59-41)51(67)42(26-33-24-36(35)27-37(64)25-33)57-50(66)47(34-14-10-11-15-34)61(6)44(65)30-60(5)52(68)46-49(58-46)55(71-8)20-21-55/h18-19,22,24-25,27-28,32,34,41-42,46-47,49,58-59,64H,9-17,20-21,23,26,29-31H2,1-8H3,(H,57,66)/t32-,41-,42-,46+,47-,49-/m0/s1. The maximum atomic E-state index is 14.9. The summed E-state index contributed by atoms with van der Waals surface area (Å²) in [5.41, 5.74) is 9.75. The third-order valence-electron chi connectivity index (χ3n) is 16.2. The zero-order valence-electron chi connectivity index (χ0n) is 43.3. The van der Waals surface area contributed by atoms with E-state index in [9.17, 15) is 29.1 Å². The van der Waals surface area contributed by atoms with E-state index in [0.717, 1.165) is 83.1 Å². The number of carbonyl (C=O) groups excluding carboxylic acids is 5. The number of phenols is 1. The van der Waals surface area contributed by atoms with Gasteiger partial charge in [-0.2, -0.15) is 0 Å². The molecule has 9 rings (SSSR count). The van der Waals surface area contributed by atoms with Crippen molar-refractivity contribution in [3.8, 4) is 16.9 Å². The maximum absolute atomic E-state index is 14.9. The summed E-state index contributed by atoms with van der Waals surface area (Å²) in [5.74, 6) is -2.20. The number of nitrogens with one attached hydrogen (secondary N) is 3. The Morgan fingerprint density at radius 3 is 2.50 bits per heavy atom. The maximum Gasteiger partial charge on any atom is 0.324 e. The molecule has 4 fully saturated rings. The van der Waals surface area contributed by atoms with Crippen molar-refractivity contribution >= 4 is 52.3 Å². The molecule has 1 aromatic heterocycles. The molecule has 4 amide bonds. The quantitative estimate of drug-likeness (QED) is 0.128. The fourth-order valence-corrected chi connectivity index (χ4v) is 11.9. The number of benzene rings is 2. The van der Waals surface area contributed by atoms with Gasteiger partial charge in [-0.1, -0.05) is 38.8 Å². The van der Waals surface area contributed by atoms with Crippen LogP contribution in [0.25, 0.3) is 27.6 Å². The van der Waals surface area contributed by atoms with Crippen LogP contribution >= 0.6 is 0 Å². The highest BCUT2D eigenvalue weighted by Gasteiger charge is 2.63. The first kappa shape index (κ1) is 51.3. The van der Waals surface area contributed by atoms with Crippen LogP contribution in [0.4, 0.5) is 0 Å². The van der Waals surface area contributed by atoms with Crippen LogP contribution in [0.15, 0.2) is 47.1 Å². The Hall–Kier alpha value is -5.62. The molecule has 2 saturated heterocycles. The molecule has 388 valence electrons. The third-order valence-corrected chi connectivity index (χ3v) is 16.2. The third kappa shape index (κ3) is 10.3. The van der Waals surface area contributed by atoms with Crippen molar-refractivity contribution in [2.75, 3.05) is 48.0 Å². The molecule has 3 aromatic rings. The van der Waals surface area contributed by atoms with Gasteiger partial charge in [-0.05, 0) is 124 Å². The molecule has 6 aliphatic rings. The SMILES string of the molecule is CCn1c(C2=C([C@H](C)OC)N=CCC2)c2c3cc(ccc31)-c1cc(O)cc(c1)C[C@H](NC(=O)[C@H](C1CCCC1)N(C)C(=O)CN(C)C(=O)[C@@H]1N[C@@H]1C1(OC)CC1)C(=O)N1CCC[C@H](N1)C(=O)OCC(C)(C)C2. The summed E-state index contributed by atoms with van der Waals surface area (Å²) in [4.78, 5) is 79.3. The summed E-state index contributed by atoms with van der Waals surface area (Å²) < 4.78 is 20.1. The van der Waals surface area contributed by atoms with Gasteiger partial charge >= 0.3 is 5.97 Å². The highest BCUT2D eigenvalue weighted by Crippen LogP contribution is 2.48. The number of nitrogens with zero attached hydrogens (tertiary/aromatic N) is 5. The molecule has 0 radical (unpaired) electrons. The average Bonchev–Trinajstić information content (AvgIpc) is 4.28. The van der Waals surface area contributed by atoms with Crippen molar-refractivity contribution in [3.05, 3.63) is 58.9 Å². The summed E-state index contributed by atoms with van der Waals surface area (Å²) in [6, 6.07) is 8.17. The van der Waals surface area contributed by atoms with E-state index in [1.807, 2.05) is 25.3 Å². The molecule has 6 atom stereocenters. The molecule has 72 heavy (non-hydrogen) atoms. The number of aromatic nitrogens is 1. The summed E-state index contributed by atoms with van der Waals surface area (Å²) in [6.45, 7) is 9.22. The number of fused-ring (bicyclic) bond motifs is 6. The summed E-state index contributed by atoms with van der Waals surface area (Å²) in [6.07, 6.45) is 9.80. The minimum Gasteiger partial charge on any atom is -0.508 e. The molecule has 5 heterocycles. The lowest BCUT2D eigenvalue weighted by Crippen LogP contribution is -2.62. The number of methoxy groups -OCH3 is 2. The number of ether oxygens (including phenoxy) is 3. The van der Waals surface area contributed by atoms with Crippen LogP contribution in [0.3, 0.4) is 0 Å². The van der Waals surface area contributed by atoms with E-state index in [1.165, 1.54) is 14.8 Å². The van der Waals surface area contributed by atoms with Crippen LogP contribution in [0.2, 0.25) is 0 Å². The first-order chi connectivity index (χ1) is 34.5. The second-order valence-corrected chi connectivity index (χ2v) is 21.9. The van der Waals surface area contributed by atoms with Gasteiger partial charge in [0.05, 0.1) is 42.3 Å². The Morgan fingerprint density at radius 2 is 1.79 bits per heavy atom. The van der Waals surface area contributed by atoms with Crippen LogP contribution in [-0.4, -0.2) is 150 Å². The summed E-state index contributed by atoms with van der Waals surface area (Å²) >= 11 is 0. The number of carbonyl (C=O) groups is 5. The predicted octanol–water partition coefficient (Wildman–Crippen LogP) is 5.29. The molecule has 2 aromatic carbocycles. The number of hydrogen-bond acceptors (Lipinski definition) is 12. The number of hydrogen-bond donors (Lipinski definition) is 4. The first-order valence-corrected chi connectivity index (χ1v) is 26.1. The van der Waals surface area contributed by atoms with E-state index >= 15 is 0 Å². The van der Waals surface area contributed by atoms with Crippen LogP contribution in [0, 0.1) is 11.3 Å². The van der Waals surface area contributed by atoms with Crippen LogP contribution in [-0.2, 0) is 57.6 Å². The van der Waals surface area contributed by atoms with Crippen molar-refractivity contribution < 1.29 is 43.3 Å². The van der Waals surface area contributed by atoms with E-state index in [1.54, 1.807) is 40.4 Å². The molecule has 0 unspecified atom stereocenters. The van der Waals surface area contributed by atoms with Crippen LogP contribution in [0.1, 0.15) is 109 Å². The molecule has 2 aliphatic carbocycles. The van der Waals surface area contributed by atoms with Crippen LogP contribution in [0.5, 0.6) is 5.75 Å². The number of hydrazine groups is 1. The molecule has 0 spiro atoms. The topological polar surface area (TPSA) is 206 Å². The van der Waals surface area contributed by atoms with E-state index in [0.29, 0.717) is 44.2 Å². The molecule has 17 nitrogen and oxygen atoms in total.